The zero-order valence-electron chi connectivity index (χ0n) is 20.1. The molecule has 35 heavy (non-hydrogen) atoms. The number of aliphatic hydroxyl groups is 1. The largest absolute Gasteiger partial charge is 0.386 e. The third kappa shape index (κ3) is 4.88. The maximum atomic E-state index is 13.3. The van der Waals surface area contributed by atoms with Crippen LogP contribution in [0.3, 0.4) is 0 Å². The number of benzene rings is 1. The highest BCUT2D eigenvalue weighted by Gasteiger charge is 2.36. The van der Waals surface area contributed by atoms with Crippen molar-refractivity contribution in [3.05, 3.63) is 84.3 Å². The van der Waals surface area contributed by atoms with Gasteiger partial charge in [-0.2, -0.15) is 0 Å². The van der Waals surface area contributed by atoms with Gasteiger partial charge in [0.05, 0.1) is 17.7 Å². The molecule has 1 N–H and O–H groups in total. The van der Waals surface area contributed by atoms with E-state index in [9.17, 15) is 9.90 Å². The molecule has 1 atom stereocenters. The summed E-state index contributed by atoms with van der Waals surface area (Å²) < 4.78 is 2.05. The number of carbonyl (C=O) groups excluding carboxylic acids is 1. The molecule has 0 aliphatic carbocycles. The summed E-state index contributed by atoms with van der Waals surface area (Å²) >= 11 is 0. The van der Waals surface area contributed by atoms with E-state index in [4.69, 9.17) is 0 Å². The van der Waals surface area contributed by atoms with Crippen molar-refractivity contribution in [1.82, 2.24) is 24.4 Å². The fraction of sp³-hybridized carbons (Fsp3) is 0.333. The van der Waals surface area contributed by atoms with Gasteiger partial charge in [-0.3, -0.25) is 14.8 Å². The van der Waals surface area contributed by atoms with Gasteiger partial charge in [-0.05, 0) is 49.6 Å². The average molecular weight is 471 g/mol. The molecule has 1 fully saturated rings. The molecule has 3 aromatic heterocycles. The number of rotatable bonds is 6. The minimum atomic E-state index is -1.01. The number of hydrogen-bond acceptors (Lipinski definition) is 6. The number of β-amino-alcohol motifs (C(OH)–C–C–N with tert-alkyl or cyclic N) is 1. The molecule has 5 rings (SSSR count). The number of anilines is 1. The Kier molecular flexibility index (Phi) is 6.21. The molecular weight excluding hydrogens is 440 g/mol. The van der Waals surface area contributed by atoms with Gasteiger partial charge in [0.25, 0.3) is 5.91 Å². The zero-order chi connectivity index (χ0) is 24.4. The molecule has 4 aromatic rings. The standard InChI is InChI=1S/C27H30N6O2/c1-20-29-12-14-32(20)17-21-5-3-6-22(15-21)26(34)31(2)18-27(35)9-4-13-33(19-27)25-8-11-30-24-7-10-28-16-23(24)25/h3,5-8,10-12,14-16,35H,4,9,13,17-19H2,1-2H3. The van der Waals surface area contributed by atoms with Gasteiger partial charge < -0.3 is 19.5 Å². The number of hydrogen-bond donors (Lipinski definition) is 1. The molecule has 0 saturated carbocycles. The van der Waals surface area contributed by atoms with Crippen molar-refractivity contribution in [2.45, 2.75) is 31.9 Å². The molecule has 0 bridgehead atoms. The molecule has 4 heterocycles. The van der Waals surface area contributed by atoms with E-state index in [-0.39, 0.29) is 12.5 Å². The number of nitrogens with zero attached hydrogens (tertiary/aromatic N) is 6. The maximum Gasteiger partial charge on any atom is 0.253 e. The molecular formula is C27H30N6O2. The van der Waals surface area contributed by atoms with Crippen LogP contribution >= 0.6 is 0 Å². The first kappa shape index (κ1) is 23.0. The summed E-state index contributed by atoms with van der Waals surface area (Å²) in [6.07, 6.45) is 10.5. The Morgan fingerprint density at radius 2 is 2.06 bits per heavy atom. The number of fused-ring (bicyclic) bond motifs is 1. The van der Waals surface area contributed by atoms with Crippen LogP contribution in [0.2, 0.25) is 0 Å². The van der Waals surface area contributed by atoms with Crippen LogP contribution in [-0.2, 0) is 6.54 Å². The Labute approximate surface area is 204 Å². The maximum absolute atomic E-state index is 13.3. The summed E-state index contributed by atoms with van der Waals surface area (Å²) in [7, 11) is 1.76. The minimum absolute atomic E-state index is 0.0988. The Morgan fingerprint density at radius 3 is 2.89 bits per heavy atom. The van der Waals surface area contributed by atoms with Crippen LogP contribution in [-0.4, -0.2) is 67.7 Å². The second-order valence-corrected chi connectivity index (χ2v) is 9.44. The number of pyridine rings is 2. The molecule has 1 aliphatic rings. The van der Waals surface area contributed by atoms with E-state index in [0.717, 1.165) is 40.9 Å². The number of carbonyl (C=O) groups is 1. The highest BCUT2D eigenvalue weighted by molar-refractivity contribution is 5.94. The lowest BCUT2D eigenvalue weighted by atomic mass is 9.91. The van der Waals surface area contributed by atoms with E-state index < -0.39 is 5.60 Å². The highest BCUT2D eigenvalue weighted by atomic mass is 16.3. The summed E-state index contributed by atoms with van der Waals surface area (Å²) in [6, 6.07) is 11.5. The predicted molar refractivity (Wildman–Crippen MR) is 135 cm³/mol. The molecule has 1 amide bonds. The van der Waals surface area contributed by atoms with Gasteiger partial charge in [-0.15, -0.1) is 0 Å². The third-order valence-corrected chi connectivity index (χ3v) is 6.74. The van der Waals surface area contributed by atoms with Crippen LogP contribution in [0.25, 0.3) is 10.9 Å². The summed E-state index contributed by atoms with van der Waals surface area (Å²) in [6.45, 7) is 4.16. The normalized spacial score (nSPS) is 18.1. The van der Waals surface area contributed by atoms with Crippen molar-refractivity contribution in [3.63, 3.8) is 0 Å². The third-order valence-electron chi connectivity index (χ3n) is 6.74. The molecule has 8 nitrogen and oxygen atoms in total. The number of amides is 1. The molecule has 8 heteroatoms. The molecule has 0 spiro atoms. The van der Waals surface area contributed by atoms with E-state index in [1.165, 1.54) is 0 Å². The number of aromatic nitrogens is 4. The molecule has 1 saturated heterocycles. The summed E-state index contributed by atoms with van der Waals surface area (Å²) in [4.78, 5) is 30.0. The van der Waals surface area contributed by atoms with E-state index in [1.54, 1.807) is 30.5 Å². The molecule has 1 aromatic carbocycles. The van der Waals surface area contributed by atoms with E-state index in [1.807, 2.05) is 60.3 Å². The molecule has 180 valence electrons. The number of piperidine rings is 1. The van der Waals surface area contributed by atoms with Crippen LogP contribution in [0.4, 0.5) is 5.69 Å². The second-order valence-electron chi connectivity index (χ2n) is 9.44. The lowest BCUT2D eigenvalue weighted by Crippen LogP contribution is -2.54. The summed E-state index contributed by atoms with van der Waals surface area (Å²) in [5, 5.41) is 12.5. The molecule has 1 aliphatic heterocycles. The van der Waals surface area contributed by atoms with Crippen molar-refractivity contribution in [2.24, 2.45) is 0 Å². The van der Waals surface area contributed by atoms with Gasteiger partial charge >= 0.3 is 0 Å². The fourth-order valence-corrected chi connectivity index (χ4v) is 5.00. The van der Waals surface area contributed by atoms with Crippen LogP contribution in [0.5, 0.6) is 0 Å². The first-order valence-electron chi connectivity index (χ1n) is 11.9. The van der Waals surface area contributed by atoms with E-state index in [0.29, 0.717) is 25.1 Å². The van der Waals surface area contributed by atoms with E-state index in [2.05, 4.69) is 19.9 Å². The van der Waals surface area contributed by atoms with Gasteiger partial charge in [-0.25, -0.2) is 4.98 Å². The Bertz CT molecular complexity index is 1350. The number of aryl methyl sites for hydroxylation is 1. The SMILES string of the molecule is Cc1nccn1Cc1cccc(C(=O)N(C)CC2(O)CCCN(c3ccnc4ccncc34)C2)c1. The lowest BCUT2D eigenvalue weighted by Gasteiger charge is -2.42. The van der Waals surface area contributed by atoms with Crippen molar-refractivity contribution < 1.29 is 9.90 Å². The van der Waals surface area contributed by atoms with Crippen molar-refractivity contribution in [2.75, 3.05) is 31.6 Å². The fourth-order valence-electron chi connectivity index (χ4n) is 5.00. The van der Waals surface area contributed by atoms with E-state index >= 15 is 0 Å². The quantitative estimate of drug-likeness (QED) is 0.465. The van der Waals surface area contributed by atoms with Crippen LogP contribution in [0, 0.1) is 6.92 Å². The van der Waals surface area contributed by atoms with Crippen molar-refractivity contribution in [3.8, 4) is 0 Å². The topological polar surface area (TPSA) is 87.4 Å². The predicted octanol–water partition coefficient (Wildman–Crippen LogP) is 3.29. The monoisotopic (exact) mass is 470 g/mol. The summed E-state index contributed by atoms with van der Waals surface area (Å²) in [5.74, 6) is 0.832. The minimum Gasteiger partial charge on any atom is -0.386 e. The van der Waals surface area contributed by atoms with Crippen molar-refractivity contribution in [1.29, 1.82) is 0 Å². The Hall–Kier alpha value is -3.78. The lowest BCUT2D eigenvalue weighted by molar-refractivity contribution is 0.0000662. The van der Waals surface area contributed by atoms with Crippen LogP contribution < -0.4 is 4.90 Å². The first-order valence-corrected chi connectivity index (χ1v) is 11.9. The molecule has 0 radical (unpaired) electrons. The van der Waals surface area contributed by atoms with Gasteiger partial charge in [0.15, 0.2) is 0 Å². The Morgan fingerprint density at radius 1 is 1.17 bits per heavy atom. The number of likely N-dealkylation sites (N-methyl/N-ethyl adjacent to an activating group) is 1. The van der Waals surface area contributed by atoms with Gasteiger partial charge in [0, 0.05) is 74.3 Å². The number of imidazole rings is 1. The average Bonchev–Trinajstić information content (AvgIpc) is 3.27. The Balaban J connectivity index is 1.30. The zero-order valence-corrected chi connectivity index (χ0v) is 20.1. The van der Waals surface area contributed by atoms with Crippen molar-refractivity contribution >= 4 is 22.5 Å². The van der Waals surface area contributed by atoms with Crippen LogP contribution in [0.15, 0.2) is 67.4 Å². The first-order chi connectivity index (χ1) is 16.9. The van der Waals surface area contributed by atoms with Gasteiger partial charge in [0.2, 0.25) is 0 Å². The van der Waals surface area contributed by atoms with Gasteiger partial charge in [0.1, 0.15) is 5.82 Å². The van der Waals surface area contributed by atoms with Crippen LogP contribution in [0.1, 0.15) is 34.6 Å². The second kappa shape index (κ2) is 9.46. The molecule has 1 unspecified atom stereocenters. The smallest absolute Gasteiger partial charge is 0.253 e. The highest BCUT2D eigenvalue weighted by Crippen LogP contribution is 2.31. The van der Waals surface area contributed by atoms with Gasteiger partial charge in [-0.1, -0.05) is 12.1 Å². The summed E-state index contributed by atoms with van der Waals surface area (Å²) in [5.41, 5.74) is 2.53.